The number of nitrogens with zero attached hydrogens (tertiary/aromatic N) is 2. The van der Waals surface area contributed by atoms with E-state index in [1.807, 2.05) is 0 Å². The maximum Gasteiger partial charge on any atom is 0.0484 e. The minimum absolute atomic E-state index is 1.28. The second-order valence-corrected chi connectivity index (χ2v) is 7.27. The van der Waals surface area contributed by atoms with Crippen LogP contribution in [0.25, 0.3) is 54.1 Å². The molecule has 0 saturated carbocycles. The lowest BCUT2D eigenvalue weighted by atomic mass is 9.94. The van der Waals surface area contributed by atoms with Gasteiger partial charge in [-0.1, -0.05) is 36.4 Å². The molecule has 0 aliphatic rings. The van der Waals surface area contributed by atoms with Crippen molar-refractivity contribution >= 4 is 54.1 Å². The summed E-state index contributed by atoms with van der Waals surface area (Å²) in [4.78, 5) is 0. The van der Waals surface area contributed by atoms with Gasteiger partial charge < -0.3 is 9.13 Å². The van der Waals surface area contributed by atoms with E-state index < -0.39 is 0 Å². The van der Waals surface area contributed by atoms with Gasteiger partial charge in [0.05, 0.1) is 0 Å². The van der Waals surface area contributed by atoms with Gasteiger partial charge >= 0.3 is 0 Å². The molecule has 0 bridgehead atoms. The molecule has 4 aromatic carbocycles. The molecule has 0 fully saturated rings. The fraction of sp³-hybridized carbons (Fsp3) is 0.0833. The van der Waals surface area contributed by atoms with Gasteiger partial charge in [0.1, 0.15) is 0 Å². The van der Waals surface area contributed by atoms with Crippen LogP contribution in [0, 0.1) is 0 Å². The number of rotatable bonds is 0. The van der Waals surface area contributed by atoms with Crippen molar-refractivity contribution < 1.29 is 0 Å². The first-order valence-electron chi connectivity index (χ1n) is 8.99. The van der Waals surface area contributed by atoms with Gasteiger partial charge in [-0.25, -0.2) is 0 Å². The maximum absolute atomic E-state index is 2.29. The molecular formula is C24H18N2. The predicted molar refractivity (Wildman–Crippen MR) is 112 cm³/mol. The van der Waals surface area contributed by atoms with Crippen molar-refractivity contribution in [3.05, 3.63) is 73.1 Å². The summed E-state index contributed by atoms with van der Waals surface area (Å²) < 4.78 is 4.37. The Hall–Kier alpha value is -3.26. The van der Waals surface area contributed by atoms with E-state index in [4.69, 9.17) is 0 Å². The summed E-state index contributed by atoms with van der Waals surface area (Å²) in [6, 6.07) is 22.6. The Morgan fingerprint density at radius 2 is 0.692 bits per heavy atom. The van der Waals surface area contributed by atoms with Crippen molar-refractivity contribution in [2.75, 3.05) is 0 Å². The van der Waals surface area contributed by atoms with Crippen LogP contribution in [0.3, 0.4) is 0 Å². The summed E-state index contributed by atoms with van der Waals surface area (Å²) >= 11 is 0. The Labute approximate surface area is 150 Å². The zero-order valence-corrected chi connectivity index (χ0v) is 14.8. The average Bonchev–Trinajstić information content (AvgIpc) is 3.24. The van der Waals surface area contributed by atoms with Gasteiger partial charge in [-0.05, 0) is 56.6 Å². The van der Waals surface area contributed by atoms with Crippen LogP contribution in [-0.2, 0) is 14.1 Å². The highest BCUT2D eigenvalue weighted by atomic mass is 14.9. The number of aryl methyl sites for hydroxylation is 2. The molecule has 0 N–H and O–H groups in total. The summed E-state index contributed by atoms with van der Waals surface area (Å²) in [7, 11) is 4.21. The first kappa shape index (κ1) is 14.0. The monoisotopic (exact) mass is 334 g/mol. The topological polar surface area (TPSA) is 9.86 Å². The normalized spacial score (nSPS) is 12.2. The summed E-state index contributed by atoms with van der Waals surface area (Å²) in [6.45, 7) is 0. The lowest BCUT2D eigenvalue weighted by Crippen LogP contribution is -1.86. The molecule has 2 heterocycles. The van der Waals surface area contributed by atoms with Gasteiger partial charge in [0.2, 0.25) is 0 Å². The van der Waals surface area contributed by atoms with Gasteiger partial charge in [-0.3, -0.25) is 0 Å². The second-order valence-electron chi connectivity index (χ2n) is 7.27. The van der Waals surface area contributed by atoms with Gasteiger partial charge in [-0.15, -0.1) is 0 Å². The van der Waals surface area contributed by atoms with Crippen LogP contribution in [0.15, 0.2) is 73.1 Å². The summed E-state index contributed by atoms with van der Waals surface area (Å²) in [5, 5.41) is 10.6. The molecule has 2 aromatic heterocycles. The van der Waals surface area contributed by atoms with E-state index in [0.717, 1.165) is 0 Å². The number of benzene rings is 4. The van der Waals surface area contributed by atoms with Crippen LogP contribution in [0.4, 0.5) is 0 Å². The standard InChI is InChI=1S/C24H18N2/c1-25-13-11-21-19-5-3-16-15(17(19)7-9-23(21)25)4-6-20-18(16)8-10-24-22(20)12-14-26(24)2/h3-14H,1-2H3. The molecule has 0 aliphatic carbocycles. The smallest absolute Gasteiger partial charge is 0.0484 e. The molecule has 2 nitrogen and oxygen atoms in total. The third kappa shape index (κ3) is 1.62. The van der Waals surface area contributed by atoms with E-state index >= 15 is 0 Å². The molecule has 0 atom stereocenters. The minimum Gasteiger partial charge on any atom is -0.351 e. The van der Waals surface area contributed by atoms with E-state index in [2.05, 4.69) is 96.3 Å². The summed E-state index contributed by atoms with van der Waals surface area (Å²) in [5.41, 5.74) is 2.56. The van der Waals surface area contributed by atoms with E-state index in [-0.39, 0.29) is 0 Å². The SMILES string of the molecule is Cn1ccc2c3ccc4c(ccc5c4ccc4c5ccn4C)c3ccc21. The van der Waals surface area contributed by atoms with Crippen LogP contribution in [0.5, 0.6) is 0 Å². The van der Waals surface area contributed by atoms with Crippen LogP contribution >= 0.6 is 0 Å². The molecule has 0 unspecified atom stereocenters. The molecular weight excluding hydrogens is 316 g/mol. The Balaban J connectivity index is 1.81. The highest BCUT2D eigenvalue weighted by molar-refractivity contribution is 6.24. The molecule has 0 spiro atoms. The second kappa shape index (κ2) is 4.67. The zero-order chi connectivity index (χ0) is 17.4. The molecule has 6 rings (SSSR count). The Kier molecular flexibility index (Phi) is 2.51. The quantitative estimate of drug-likeness (QED) is 0.296. The molecule has 2 heteroatoms. The fourth-order valence-corrected chi connectivity index (χ4v) is 4.56. The third-order valence-corrected chi connectivity index (χ3v) is 5.92. The van der Waals surface area contributed by atoms with Crippen molar-refractivity contribution in [2.45, 2.75) is 0 Å². The largest absolute Gasteiger partial charge is 0.351 e. The predicted octanol–water partition coefficient (Wildman–Crippen LogP) is 6.13. The first-order chi connectivity index (χ1) is 12.7. The molecule has 0 aliphatic heterocycles. The molecule has 0 saturated heterocycles. The highest BCUT2D eigenvalue weighted by Gasteiger charge is 2.10. The van der Waals surface area contributed by atoms with Crippen LogP contribution in [0.2, 0.25) is 0 Å². The number of hydrogen-bond acceptors (Lipinski definition) is 0. The van der Waals surface area contributed by atoms with Crippen molar-refractivity contribution in [3.8, 4) is 0 Å². The lowest BCUT2D eigenvalue weighted by Gasteiger charge is -2.10. The van der Waals surface area contributed by atoms with Gasteiger partial charge in [0.25, 0.3) is 0 Å². The van der Waals surface area contributed by atoms with Gasteiger partial charge in [0.15, 0.2) is 0 Å². The van der Waals surface area contributed by atoms with Crippen molar-refractivity contribution in [1.82, 2.24) is 9.13 Å². The number of hydrogen-bond donors (Lipinski definition) is 0. The fourth-order valence-electron chi connectivity index (χ4n) is 4.56. The minimum atomic E-state index is 1.28. The summed E-state index contributed by atoms with van der Waals surface area (Å²) in [6.07, 6.45) is 4.28. The van der Waals surface area contributed by atoms with Crippen LogP contribution in [0.1, 0.15) is 0 Å². The molecule has 6 aromatic rings. The lowest BCUT2D eigenvalue weighted by molar-refractivity contribution is 0.969. The highest BCUT2D eigenvalue weighted by Crippen LogP contribution is 2.36. The van der Waals surface area contributed by atoms with Crippen LogP contribution in [-0.4, -0.2) is 9.13 Å². The van der Waals surface area contributed by atoms with Crippen molar-refractivity contribution in [1.29, 1.82) is 0 Å². The Morgan fingerprint density at radius 3 is 1.08 bits per heavy atom. The average molecular weight is 334 g/mol. The number of fused-ring (bicyclic) bond motifs is 9. The summed E-state index contributed by atoms with van der Waals surface area (Å²) in [5.74, 6) is 0. The van der Waals surface area contributed by atoms with E-state index in [0.29, 0.717) is 0 Å². The number of aromatic nitrogens is 2. The van der Waals surface area contributed by atoms with Crippen LogP contribution < -0.4 is 0 Å². The van der Waals surface area contributed by atoms with Crippen molar-refractivity contribution in [3.63, 3.8) is 0 Å². The van der Waals surface area contributed by atoms with Gasteiger partial charge in [0, 0.05) is 48.3 Å². The molecule has 0 radical (unpaired) electrons. The molecule has 26 heavy (non-hydrogen) atoms. The van der Waals surface area contributed by atoms with E-state index in [1.54, 1.807) is 0 Å². The Morgan fingerprint density at radius 1 is 0.385 bits per heavy atom. The maximum atomic E-state index is 2.29. The molecule has 0 amide bonds. The Bertz CT molecular complexity index is 1380. The van der Waals surface area contributed by atoms with E-state index in [9.17, 15) is 0 Å². The van der Waals surface area contributed by atoms with Crippen molar-refractivity contribution in [2.24, 2.45) is 14.1 Å². The molecule has 124 valence electrons. The van der Waals surface area contributed by atoms with Gasteiger partial charge in [-0.2, -0.15) is 0 Å². The first-order valence-corrected chi connectivity index (χ1v) is 8.99. The zero-order valence-electron chi connectivity index (χ0n) is 14.8. The third-order valence-electron chi connectivity index (χ3n) is 5.92. The van der Waals surface area contributed by atoms with E-state index in [1.165, 1.54) is 54.1 Å².